The first-order valence-electron chi connectivity index (χ1n) is 19.9. The highest BCUT2D eigenvalue weighted by molar-refractivity contribution is 5.09. The predicted octanol–water partition coefficient (Wildman–Crippen LogP) is 2.83. The second-order valence-corrected chi connectivity index (χ2v) is 17.5. The topological polar surface area (TPSA) is 108 Å². The molecule has 5 saturated heterocycles. The van der Waals surface area contributed by atoms with Crippen LogP contribution >= 0.6 is 0 Å². The molecular weight excluding hydrogens is 558 g/mol. The zero-order valence-corrected chi connectivity index (χ0v) is 28.2. The maximum Gasteiger partial charge on any atom is 0.0631 e. The van der Waals surface area contributed by atoms with Crippen LogP contribution < -0.4 is 47.9 Å². The summed E-state index contributed by atoms with van der Waals surface area (Å²) in [5.41, 5.74) is 0. The number of fused-ring (bicyclic) bond motifs is 20. The van der Waals surface area contributed by atoms with Gasteiger partial charge in [-0.05, 0) is 111 Å². The van der Waals surface area contributed by atoms with Gasteiger partial charge < -0.3 is 5.32 Å². The molecule has 5 heterocycles. The van der Waals surface area contributed by atoms with Gasteiger partial charge >= 0.3 is 0 Å². The van der Waals surface area contributed by atoms with E-state index in [0.29, 0.717) is 73.1 Å². The fourth-order valence-electron chi connectivity index (χ4n) is 12.8. The zero-order chi connectivity index (χ0) is 30.1. The van der Waals surface area contributed by atoms with Crippen molar-refractivity contribution in [3.8, 4) is 0 Å². The molecule has 0 spiro atoms. The zero-order valence-electron chi connectivity index (χ0n) is 28.2. The van der Waals surface area contributed by atoms with Crippen molar-refractivity contribution in [2.75, 3.05) is 6.54 Å². The van der Waals surface area contributed by atoms with Gasteiger partial charge in [0.05, 0.1) is 49.3 Å². The van der Waals surface area contributed by atoms with Crippen molar-refractivity contribution >= 4 is 0 Å². The van der Waals surface area contributed by atoms with Crippen LogP contribution in [0.2, 0.25) is 0 Å². The molecule has 4 saturated carbocycles. The summed E-state index contributed by atoms with van der Waals surface area (Å²) in [6.07, 6.45) is 23.7. The molecule has 0 amide bonds. The minimum atomic E-state index is 0.354. The Bertz CT molecular complexity index is 1020. The van der Waals surface area contributed by atoms with Gasteiger partial charge in [-0.2, -0.15) is 0 Å². The van der Waals surface area contributed by atoms with Gasteiger partial charge in [0.15, 0.2) is 0 Å². The Morgan fingerprint density at radius 1 is 0.400 bits per heavy atom. The van der Waals surface area contributed by atoms with E-state index in [2.05, 4.69) is 61.7 Å². The lowest BCUT2D eigenvalue weighted by Gasteiger charge is -2.40. The van der Waals surface area contributed by atoms with Crippen LogP contribution in [0.5, 0.6) is 0 Å². The summed E-state index contributed by atoms with van der Waals surface area (Å²) in [5.74, 6) is 6.41. The predicted molar refractivity (Wildman–Crippen MR) is 179 cm³/mol. The minimum Gasteiger partial charge on any atom is -0.314 e. The van der Waals surface area contributed by atoms with Gasteiger partial charge in [0.2, 0.25) is 0 Å². The molecule has 0 aromatic heterocycles. The van der Waals surface area contributed by atoms with Crippen LogP contribution in [0.4, 0.5) is 0 Å². The third kappa shape index (κ3) is 5.66. The smallest absolute Gasteiger partial charge is 0.0631 e. The van der Waals surface area contributed by atoms with Crippen LogP contribution in [0.3, 0.4) is 0 Å². The molecule has 9 fully saturated rings. The van der Waals surface area contributed by atoms with Crippen molar-refractivity contribution in [3.05, 3.63) is 0 Å². The van der Waals surface area contributed by atoms with E-state index >= 15 is 0 Å². The van der Waals surface area contributed by atoms with Crippen molar-refractivity contribution in [2.45, 2.75) is 166 Å². The van der Waals surface area contributed by atoms with Gasteiger partial charge in [0.1, 0.15) is 0 Å². The summed E-state index contributed by atoms with van der Waals surface area (Å²) in [7, 11) is 0. The van der Waals surface area contributed by atoms with Crippen LogP contribution in [0.25, 0.3) is 0 Å². The highest BCUT2D eigenvalue weighted by Crippen LogP contribution is 2.46. The van der Waals surface area contributed by atoms with Gasteiger partial charge in [-0.3, -0.25) is 42.5 Å². The fraction of sp³-hybridized carbons (Fsp3) is 1.00. The second-order valence-electron chi connectivity index (χ2n) is 17.5. The van der Waals surface area contributed by atoms with Crippen molar-refractivity contribution in [3.63, 3.8) is 0 Å². The summed E-state index contributed by atoms with van der Waals surface area (Å²) >= 11 is 0. The summed E-state index contributed by atoms with van der Waals surface area (Å²) in [6, 6.07) is 0.545. The van der Waals surface area contributed by atoms with Crippen LogP contribution in [0, 0.1) is 53.3 Å². The fourth-order valence-corrected chi connectivity index (χ4v) is 12.8. The Kier molecular flexibility index (Phi) is 8.75. The Hall–Kier alpha value is -0.360. The van der Waals surface area contributed by atoms with E-state index in [4.69, 9.17) is 0 Å². The Morgan fingerprint density at radius 2 is 0.711 bits per heavy atom. The van der Waals surface area contributed by atoms with Gasteiger partial charge in [0, 0.05) is 6.04 Å². The molecule has 0 radical (unpaired) electrons. The largest absolute Gasteiger partial charge is 0.314 e. The van der Waals surface area contributed by atoms with E-state index in [-0.39, 0.29) is 0 Å². The minimum absolute atomic E-state index is 0.354. The monoisotopic (exact) mass is 624 g/mol. The molecule has 4 aliphatic carbocycles. The van der Waals surface area contributed by atoms with E-state index in [9.17, 15) is 0 Å². The molecule has 8 bridgehead atoms. The molecule has 9 rings (SSSR count). The SMILES string of the molecule is CC(C)NCC1CCCC2C3NC4NC(NC5NC(NC6NC(NC(N3)C12)C1CCCCC61)C1CCCCC51)C1CCCCC41. The third-order valence-electron chi connectivity index (χ3n) is 14.8. The van der Waals surface area contributed by atoms with Crippen molar-refractivity contribution < 1.29 is 0 Å². The van der Waals surface area contributed by atoms with Gasteiger partial charge in [-0.1, -0.05) is 58.8 Å². The van der Waals surface area contributed by atoms with E-state index in [1.807, 2.05) is 0 Å². The Morgan fingerprint density at radius 3 is 1.07 bits per heavy atom. The molecule has 0 aromatic rings. The lowest BCUT2D eigenvalue weighted by molar-refractivity contribution is 0.120. The van der Waals surface area contributed by atoms with E-state index in [0.717, 1.165) is 42.1 Å². The highest BCUT2D eigenvalue weighted by Gasteiger charge is 2.55. The summed E-state index contributed by atoms with van der Waals surface area (Å²) in [4.78, 5) is 0. The first-order valence-corrected chi connectivity index (χ1v) is 19.9. The first kappa shape index (κ1) is 30.7. The van der Waals surface area contributed by atoms with Crippen molar-refractivity contribution in [2.24, 2.45) is 53.3 Å². The standard InChI is InChI=1S/C36H65N9/c1-19(2)37-18-20-10-9-17-27-28(20)36-44-34-26-16-8-7-15-25(26)32(42-34)40-30-22-12-4-3-11-21(22)29(38-30)39-31-23-13-5-6-14-24(23)33(41-31)43-35(27)45-36/h19-45H,3-18H2,1-2H3. The Balaban J connectivity index is 1.05. The van der Waals surface area contributed by atoms with E-state index in [1.165, 1.54) is 96.3 Å². The lowest BCUT2D eigenvalue weighted by atomic mass is 9.71. The van der Waals surface area contributed by atoms with Gasteiger partial charge in [-0.25, -0.2) is 0 Å². The first-order chi connectivity index (χ1) is 22.1. The molecule has 5 aliphatic heterocycles. The molecule has 17 atom stereocenters. The normalized spacial score (nSPS) is 54.3. The molecule has 9 aliphatic rings. The summed E-state index contributed by atoms with van der Waals surface area (Å²) in [6.45, 7) is 5.77. The number of hydrogen-bond acceptors (Lipinski definition) is 9. The average molecular weight is 624 g/mol. The molecule has 45 heavy (non-hydrogen) atoms. The molecule has 254 valence electrons. The van der Waals surface area contributed by atoms with Crippen LogP contribution in [0.15, 0.2) is 0 Å². The number of rotatable bonds is 3. The quantitative estimate of drug-likeness (QED) is 0.235. The molecular formula is C36H65N9. The highest BCUT2D eigenvalue weighted by atomic mass is 15.4. The van der Waals surface area contributed by atoms with Crippen LogP contribution in [-0.4, -0.2) is 61.9 Å². The summed E-state index contributed by atoms with van der Waals surface area (Å²) < 4.78 is 0. The summed E-state index contributed by atoms with van der Waals surface area (Å²) in [5, 5.41) is 38.1. The molecule has 0 aromatic carbocycles. The molecule has 9 nitrogen and oxygen atoms in total. The third-order valence-corrected chi connectivity index (χ3v) is 14.8. The lowest BCUT2D eigenvalue weighted by Crippen LogP contribution is -2.62. The maximum atomic E-state index is 4.35. The van der Waals surface area contributed by atoms with Crippen LogP contribution in [0.1, 0.15) is 110 Å². The Labute approximate surface area is 272 Å². The number of nitrogens with one attached hydrogen (secondary N) is 9. The molecule has 9 N–H and O–H groups in total. The molecule has 17 unspecified atom stereocenters. The van der Waals surface area contributed by atoms with Crippen molar-refractivity contribution in [1.82, 2.24) is 47.9 Å². The average Bonchev–Trinajstić information content (AvgIpc) is 3.79. The van der Waals surface area contributed by atoms with E-state index < -0.39 is 0 Å². The second kappa shape index (κ2) is 12.8. The van der Waals surface area contributed by atoms with E-state index in [1.54, 1.807) is 0 Å². The number of hydrogen-bond donors (Lipinski definition) is 9. The molecule has 9 heteroatoms. The van der Waals surface area contributed by atoms with Gasteiger partial charge in [0.25, 0.3) is 0 Å². The van der Waals surface area contributed by atoms with Crippen LogP contribution in [-0.2, 0) is 0 Å². The van der Waals surface area contributed by atoms with Crippen molar-refractivity contribution in [1.29, 1.82) is 0 Å². The maximum absolute atomic E-state index is 4.35. The van der Waals surface area contributed by atoms with Gasteiger partial charge in [-0.15, -0.1) is 0 Å².